The highest BCUT2D eigenvalue weighted by Crippen LogP contribution is 2.29. The van der Waals surface area contributed by atoms with Crippen LogP contribution in [0.5, 0.6) is 0 Å². The maximum absolute atomic E-state index is 12.8. The van der Waals surface area contributed by atoms with E-state index < -0.39 is 6.04 Å². The van der Waals surface area contributed by atoms with Crippen LogP contribution in [0.2, 0.25) is 0 Å². The molecule has 1 fully saturated rings. The monoisotopic (exact) mass is 371 g/mol. The van der Waals surface area contributed by atoms with E-state index in [2.05, 4.69) is 15.3 Å². The van der Waals surface area contributed by atoms with Gasteiger partial charge in [-0.3, -0.25) is 14.6 Å². The Labute approximate surface area is 158 Å². The first-order chi connectivity index (χ1) is 12.5. The third kappa shape index (κ3) is 4.55. The number of ketones is 1. The van der Waals surface area contributed by atoms with Gasteiger partial charge in [0.1, 0.15) is 9.88 Å². The van der Waals surface area contributed by atoms with Crippen molar-refractivity contribution in [3.63, 3.8) is 0 Å². The summed E-state index contributed by atoms with van der Waals surface area (Å²) in [5.74, 6) is 0.346. The number of aromatic nitrogens is 2. The predicted molar refractivity (Wildman–Crippen MR) is 103 cm³/mol. The van der Waals surface area contributed by atoms with Crippen LogP contribution in [0, 0.1) is 12.8 Å². The Kier molecular flexibility index (Phi) is 6.14. The summed E-state index contributed by atoms with van der Waals surface area (Å²) >= 11 is 1.32. The third-order valence-electron chi connectivity index (χ3n) is 4.98. The Balaban J connectivity index is 1.71. The van der Waals surface area contributed by atoms with Crippen molar-refractivity contribution in [1.82, 2.24) is 15.3 Å². The summed E-state index contributed by atoms with van der Waals surface area (Å²) < 4.78 is 0. The molecule has 0 saturated heterocycles. The van der Waals surface area contributed by atoms with E-state index in [1.54, 1.807) is 13.1 Å². The molecule has 2 aromatic heterocycles. The maximum atomic E-state index is 12.8. The summed E-state index contributed by atoms with van der Waals surface area (Å²) in [7, 11) is 0. The van der Waals surface area contributed by atoms with Crippen molar-refractivity contribution >= 4 is 23.0 Å². The molecule has 6 heteroatoms. The van der Waals surface area contributed by atoms with E-state index in [1.165, 1.54) is 30.6 Å². The average Bonchev–Trinajstić information content (AvgIpc) is 3.04. The summed E-state index contributed by atoms with van der Waals surface area (Å²) in [5, 5.41) is 3.67. The van der Waals surface area contributed by atoms with Crippen molar-refractivity contribution in [3.8, 4) is 10.7 Å². The van der Waals surface area contributed by atoms with Crippen molar-refractivity contribution in [2.75, 3.05) is 0 Å². The van der Waals surface area contributed by atoms with Gasteiger partial charge in [0, 0.05) is 6.20 Å². The number of pyridine rings is 1. The highest BCUT2D eigenvalue weighted by Gasteiger charge is 2.25. The van der Waals surface area contributed by atoms with Crippen molar-refractivity contribution < 1.29 is 9.59 Å². The topological polar surface area (TPSA) is 72.0 Å². The number of amides is 1. The lowest BCUT2D eigenvalue weighted by Gasteiger charge is -2.25. The average molecular weight is 372 g/mol. The van der Waals surface area contributed by atoms with Crippen LogP contribution < -0.4 is 5.32 Å². The lowest BCUT2D eigenvalue weighted by atomic mass is 9.84. The molecule has 1 amide bonds. The molecule has 1 N–H and O–H groups in total. The molecule has 5 nitrogen and oxygen atoms in total. The van der Waals surface area contributed by atoms with E-state index in [0.717, 1.165) is 30.0 Å². The Morgan fingerprint density at radius 2 is 2.04 bits per heavy atom. The van der Waals surface area contributed by atoms with Gasteiger partial charge in [-0.2, -0.15) is 0 Å². The fourth-order valence-electron chi connectivity index (χ4n) is 3.51. The molecule has 0 unspecified atom stereocenters. The Morgan fingerprint density at radius 3 is 2.69 bits per heavy atom. The zero-order valence-electron chi connectivity index (χ0n) is 15.3. The van der Waals surface area contributed by atoms with Gasteiger partial charge in [0.15, 0.2) is 5.78 Å². The zero-order valence-corrected chi connectivity index (χ0v) is 16.1. The smallest absolute Gasteiger partial charge is 0.263 e. The van der Waals surface area contributed by atoms with Gasteiger partial charge in [0.25, 0.3) is 5.91 Å². The number of rotatable bonds is 6. The second kappa shape index (κ2) is 8.54. The zero-order chi connectivity index (χ0) is 18.5. The molecule has 1 aliphatic carbocycles. The first-order valence-electron chi connectivity index (χ1n) is 9.24. The normalized spacial score (nSPS) is 16.2. The lowest BCUT2D eigenvalue weighted by Crippen LogP contribution is -2.41. The molecular weight excluding hydrogens is 346 g/mol. The molecule has 0 aliphatic heterocycles. The number of nitrogens with one attached hydrogen (secondary N) is 1. The van der Waals surface area contributed by atoms with Gasteiger partial charge in [-0.05, 0) is 38.3 Å². The molecule has 138 valence electrons. The van der Waals surface area contributed by atoms with Crippen molar-refractivity contribution in [2.24, 2.45) is 5.92 Å². The highest BCUT2D eigenvalue weighted by atomic mass is 32.1. The first-order valence-corrected chi connectivity index (χ1v) is 10.1. The molecular formula is C20H25N3O2S. The fourth-order valence-corrected chi connectivity index (χ4v) is 4.46. The van der Waals surface area contributed by atoms with E-state index in [-0.39, 0.29) is 11.7 Å². The minimum Gasteiger partial charge on any atom is -0.341 e. The minimum atomic E-state index is -0.412. The molecule has 2 aromatic rings. The van der Waals surface area contributed by atoms with Crippen molar-refractivity contribution in [3.05, 3.63) is 35.0 Å². The molecule has 1 saturated carbocycles. The number of thiazole rings is 1. The van der Waals surface area contributed by atoms with Gasteiger partial charge < -0.3 is 5.32 Å². The summed E-state index contributed by atoms with van der Waals surface area (Å²) in [6.07, 6.45) is 8.50. The predicted octanol–water partition coefficient (Wildman–Crippen LogP) is 4.17. The van der Waals surface area contributed by atoms with Crippen LogP contribution in [0.4, 0.5) is 0 Å². The standard InChI is InChI=1S/C20H25N3O2S/c1-13-18(26-20(22-13)16-10-6-7-11-21-16)19(25)23-17(14(2)24)12-15-8-4-3-5-9-15/h6-7,10-11,15,17H,3-5,8-9,12H2,1-2H3,(H,23,25)/t17-/m0/s1. The number of carbonyl (C=O) groups is 2. The van der Waals surface area contributed by atoms with Crippen LogP contribution in [0.15, 0.2) is 24.4 Å². The molecule has 0 radical (unpaired) electrons. The summed E-state index contributed by atoms with van der Waals surface area (Å²) in [6, 6.07) is 5.21. The molecule has 1 aliphatic rings. The van der Waals surface area contributed by atoms with Crippen LogP contribution >= 0.6 is 11.3 Å². The third-order valence-corrected chi connectivity index (χ3v) is 6.16. The Morgan fingerprint density at radius 1 is 1.27 bits per heavy atom. The molecule has 1 atom stereocenters. The number of Topliss-reactive ketones (excluding diaryl/α,β-unsaturated/α-hetero) is 1. The summed E-state index contributed by atoms with van der Waals surface area (Å²) in [5.41, 5.74) is 1.43. The van der Waals surface area contributed by atoms with E-state index in [4.69, 9.17) is 0 Å². The number of hydrogen-bond acceptors (Lipinski definition) is 5. The van der Waals surface area contributed by atoms with Gasteiger partial charge in [-0.1, -0.05) is 38.2 Å². The van der Waals surface area contributed by atoms with Crippen LogP contribution in [-0.4, -0.2) is 27.7 Å². The lowest BCUT2D eigenvalue weighted by molar-refractivity contribution is -0.119. The van der Waals surface area contributed by atoms with E-state index in [9.17, 15) is 9.59 Å². The van der Waals surface area contributed by atoms with Gasteiger partial charge in [0.2, 0.25) is 0 Å². The fraction of sp³-hybridized carbons (Fsp3) is 0.500. The molecule has 0 spiro atoms. The molecule has 3 rings (SSSR count). The van der Waals surface area contributed by atoms with Crippen LogP contribution in [0.1, 0.15) is 60.8 Å². The summed E-state index contributed by atoms with van der Waals surface area (Å²) in [6.45, 7) is 3.38. The van der Waals surface area contributed by atoms with Crippen LogP contribution in [0.3, 0.4) is 0 Å². The molecule has 0 aromatic carbocycles. The quantitative estimate of drug-likeness (QED) is 0.827. The number of nitrogens with zero attached hydrogens (tertiary/aromatic N) is 2. The van der Waals surface area contributed by atoms with E-state index >= 15 is 0 Å². The molecule has 2 heterocycles. The number of hydrogen-bond donors (Lipinski definition) is 1. The number of aryl methyl sites for hydroxylation is 1. The number of carbonyl (C=O) groups excluding carboxylic acids is 2. The van der Waals surface area contributed by atoms with Gasteiger partial charge in [-0.25, -0.2) is 4.98 Å². The summed E-state index contributed by atoms with van der Waals surface area (Å²) in [4.78, 5) is 34.1. The van der Waals surface area contributed by atoms with Gasteiger partial charge >= 0.3 is 0 Å². The second-order valence-electron chi connectivity index (χ2n) is 7.02. The largest absolute Gasteiger partial charge is 0.341 e. The van der Waals surface area contributed by atoms with Crippen LogP contribution in [-0.2, 0) is 4.79 Å². The SMILES string of the molecule is CC(=O)[C@H](CC1CCCCC1)NC(=O)c1sc(-c2ccccn2)nc1C. The highest BCUT2D eigenvalue weighted by molar-refractivity contribution is 7.17. The first kappa shape index (κ1) is 18.7. The minimum absolute atomic E-state index is 0.0241. The maximum Gasteiger partial charge on any atom is 0.263 e. The second-order valence-corrected chi connectivity index (χ2v) is 8.02. The van der Waals surface area contributed by atoms with Gasteiger partial charge in [0.05, 0.1) is 17.4 Å². The Hall–Kier alpha value is -2.08. The molecule has 26 heavy (non-hydrogen) atoms. The van der Waals surface area contributed by atoms with E-state index in [1.807, 2.05) is 25.1 Å². The van der Waals surface area contributed by atoms with Gasteiger partial charge in [-0.15, -0.1) is 11.3 Å². The van der Waals surface area contributed by atoms with Crippen LogP contribution in [0.25, 0.3) is 10.7 Å². The Bertz CT molecular complexity index is 767. The van der Waals surface area contributed by atoms with E-state index in [0.29, 0.717) is 16.5 Å². The van der Waals surface area contributed by atoms with Crippen molar-refractivity contribution in [1.29, 1.82) is 0 Å². The molecule has 0 bridgehead atoms. The van der Waals surface area contributed by atoms with Crippen molar-refractivity contribution in [2.45, 2.75) is 58.4 Å².